The summed E-state index contributed by atoms with van der Waals surface area (Å²) in [5.74, 6) is -0.278. The van der Waals surface area contributed by atoms with E-state index in [1.165, 1.54) is 7.11 Å². The molecule has 0 bridgehead atoms. The van der Waals surface area contributed by atoms with E-state index < -0.39 is 6.04 Å². The third-order valence-corrected chi connectivity index (χ3v) is 3.61. The van der Waals surface area contributed by atoms with Gasteiger partial charge >= 0.3 is 5.97 Å². The van der Waals surface area contributed by atoms with Crippen LogP contribution in [0.1, 0.15) is 24.4 Å². The molecule has 0 saturated heterocycles. The zero-order chi connectivity index (χ0) is 12.4. The first-order valence-corrected chi connectivity index (χ1v) is 6.57. The van der Waals surface area contributed by atoms with E-state index >= 15 is 0 Å². The predicted molar refractivity (Wildman–Crippen MR) is 70.1 cm³/mol. The van der Waals surface area contributed by atoms with Gasteiger partial charge in [-0.3, -0.25) is 5.32 Å². The van der Waals surface area contributed by atoms with Crippen molar-refractivity contribution in [3.63, 3.8) is 0 Å². The Hall–Kier alpha value is -0.580. The monoisotopic (exact) mass is 317 g/mol. The van der Waals surface area contributed by atoms with Gasteiger partial charge in [-0.1, -0.05) is 33.6 Å². The second-order valence-electron chi connectivity index (χ2n) is 4.06. The smallest absolute Gasteiger partial charge is 0.327 e. The molecular weight excluding hydrogens is 305 g/mol. The topological polar surface area (TPSA) is 38.3 Å². The van der Waals surface area contributed by atoms with Crippen LogP contribution in [0.2, 0.25) is 5.02 Å². The van der Waals surface area contributed by atoms with Crippen molar-refractivity contribution < 1.29 is 9.53 Å². The lowest BCUT2D eigenvalue weighted by Crippen LogP contribution is -2.31. The third-order valence-electron chi connectivity index (χ3n) is 2.69. The van der Waals surface area contributed by atoms with Gasteiger partial charge in [-0.2, -0.15) is 0 Å². The van der Waals surface area contributed by atoms with E-state index in [1.54, 1.807) is 12.1 Å². The quantitative estimate of drug-likeness (QED) is 0.867. The van der Waals surface area contributed by atoms with Crippen LogP contribution in [-0.2, 0) is 9.53 Å². The van der Waals surface area contributed by atoms with Crippen LogP contribution in [-0.4, -0.2) is 19.1 Å². The van der Waals surface area contributed by atoms with Crippen molar-refractivity contribution >= 4 is 33.5 Å². The molecule has 1 saturated carbocycles. The van der Waals surface area contributed by atoms with E-state index in [4.69, 9.17) is 16.3 Å². The van der Waals surface area contributed by atoms with Gasteiger partial charge in [0.25, 0.3) is 0 Å². The first-order valence-electron chi connectivity index (χ1n) is 5.40. The molecule has 0 spiro atoms. The predicted octanol–water partition coefficient (Wildman–Crippen LogP) is 3.07. The van der Waals surface area contributed by atoms with Crippen molar-refractivity contribution in [2.24, 2.45) is 0 Å². The molecule has 1 N–H and O–H groups in total. The lowest BCUT2D eigenvalue weighted by Gasteiger charge is -2.18. The molecule has 3 nitrogen and oxygen atoms in total. The fourth-order valence-electron chi connectivity index (χ4n) is 1.62. The summed E-state index contributed by atoms with van der Waals surface area (Å²) in [6.07, 6.45) is 2.22. The van der Waals surface area contributed by atoms with E-state index in [0.29, 0.717) is 11.1 Å². The Bertz CT molecular complexity index is 435. The van der Waals surface area contributed by atoms with E-state index in [-0.39, 0.29) is 5.97 Å². The zero-order valence-corrected chi connectivity index (χ0v) is 11.7. The van der Waals surface area contributed by atoms with Crippen LogP contribution in [0.3, 0.4) is 0 Å². The number of benzene rings is 1. The fraction of sp³-hybridized carbons (Fsp3) is 0.417. The van der Waals surface area contributed by atoms with E-state index in [9.17, 15) is 4.79 Å². The molecule has 0 aromatic heterocycles. The lowest BCUT2D eigenvalue weighted by molar-refractivity contribution is -0.143. The maximum Gasteiger partial charge on any atom is 0.327 e. The highest BCUT2D eigenvalue weighted by atomic mass is 79.9. The lowest BCUT2D eigenvalue weighted by atomic mass is 10.1. The highest BCUT2D eigenvalue weighted by Crippen LogP contribution is 2.30. The summed E-state index contributed by atoms with van der Waals surface area (Å²) in [5.41, 5.74) is 0.855. The highest BCUT2D eigenvalue weighted by molar-refractivity contribution is 9.10. The molecule has 92 valence electrons. The van der Waals surface area contributed by atoms with Gasteiger partial charge in [0.2, 0.25) is 0 Å². The van der Waals surface area contributed by atoms with Gasteiger partial charge in [-0.15, -0.1) is 0 Å². The SMILES string of the molecule is COC(=O)C(NC1CC1)c1ccc(Cl)cc1Br. The Morgan fingerprint density at radius 1 is 1.59 bits per heavy atom. The number of esters is 1. The number of nitrogens with one attached hydrogen (secondary N) is 1. The van der Waals surface area contributed by atoms with E-state index in [1.807, 2.05) is 6.07 Å². The molecule has 0 aliphatic heterocycles. The number of rotatable bonds is 4. The molecule has 2 rings (SSSR count). The molecule has 1 unspecified atom stereocenters. The second-order valence-corrected chi connectivity index (χ2v) is 5.35. The molecule has 5 heteroatoms. The molecule has 0 radical (unpaired) electrons. The summed E-state index contributed by atoms with van der Waals surface area (Å²) in [4.78, 5) is 11.8. The number of methoxy groups -OCH3 is 1. The van der Waals surface area contributed by atoms with Gasteiger partial charge in [0.15, 0.2) is 0 Å². The van der Waals surface area contributed by atoms with Gasteiger partial charge in [0.1, 0.15) is 6.04 Å². The highest BCUT2D eigenvalue weighted by Gasteiger charge is 2.31. The van der Waals surface area contributed by atoms with Gasteiger partial charge in [0, 0.05) is 15.5 Å². The molecule has 17 heavy (non-hydrogen) atoms. The number of halogens is 2. The van der Waals surface area contributed by atoms with Gasteiger partial charge in [-0.05, 0) is 30.5 Å². The van der Waals surface area contributed by atoms with Crippen molar-refractivity contribution in [3.8, 4) is 0 Å². The molecule has 1 atom stereocenters. The first kappa shape index (κ1) is 12.9. The summed E-state index contributed by atoms with van der Waals surface area (Å²) >= 11 is 9.31. The first-order chi connectivity index (χ1) is 8.11. The minimum absolute atomic E-state index is 0.278. The minimum Gasteiger partial charge on any atom is -0.468 e. The van der Waals surface area contributed by atoms with Crippen LogP contribution in [0.5, 0.6) is 0 Å². The van der Waals surface area contributed by atoms with Gasteiger partial charge < -0.3 is 4.74 Å². The Kier molecular flexibility index (Phi) is 4.07. The van der Waals surface area contributed by atoms with Crippen LogP contribution >= 0.6 is 27.5 Å². The summed E-state index contributed by atoms with van der Waals surface area (Å²) in [6.45, 7) is 0. The molecule has 1 aromatic carbocycles. The Morgan fingerprint density at radius 2 is 2.29 bits per heavy atom. The van der Waals surface area contributed by atoms with Crippen molar-refractivity contribution in [1.29, 1.82) is 0 Å². The van der Waals surface area contributed by atoms with Gasteiger partial charge in [-0.25, -0.2) is 4.79 Å². The molecule has 0 heterocycles. The van der Waals surface area contributed by atoms with Gasteiger partial charge in [0.05, 0.1) is 7.11 Å². The number of carbonyl (C=O) groups excluding carboxylic acids is 1. The van der Waals surface area contributed by atoms with Crippen molar-refractivity contribution in [2.45, 2.75) is 24.9 Å². The Balaban J connectivity index is 2.26. The average molecular weight is 319 g/mol. The largest absolute Gasteiger partial charge is 0.468 e. The van der Waals surface area contributed by atoms with Crippen molar-refractivity contribution in [3.05, 3.63) is 33.3 Å². The van der Waals surface area contributed by atoms with Crippen LogP contribution in [0.25, 0.3) is 0 Å². The Morgan fingerprint density at radius 3 is 2.82 bits per heavy atom. The average Bonchev–Trinajstić information content (AvgIpc) is 3.10. The summed E-state index contributed by atoms with van der Waals surface area (Å²) in [6, 6.07) is 5.37. The van der Waals surface area contributed by atoms with E-state index in [2.05, 4.69) is 21.2 Å². The Labute approximate surface area is 114 Å². The van der Waals surface area contributed by atoms with Crippen molar-refractivity contribution in [2.75, 3.05) is 7.11 Å². The fourth-order valence-corrected chi connectivity index (χ4v) is 2.54. The van der Waals surface area contributed by atoms with Crippen molar-refractivity contribution in [1.82, 2.24) is 5.32 Å². The number of ether oxygens (including phenoxy) is 1. The van der Waals surface area contributed by atoms with Crippen LogP contribution in [0.4, 0.5) is 0 Å². The second kappa shape index (κ2) is 5.38. The standard InChI is InChI=1S/C12H13BrClNO2/c1-17-12(16)11(15-8-3-4-8)9-5-2-7(14)6-10(9)13/h2,5-6,8,11,15H,3-4H2,1H3. The number of hydrogen-bond acceptors (Lipinski definition) is 3. The maximum atomic E-state index is 11.8. The van der Waals surface area contributed by atoms with Crippen LogP contribution < -0.4 is 5.32 Å². The summed E-state index contributed by atoms with van der Waals surface area (Å²) in [7, 11) is 1.40. The molecule has 1 aliphatic carbocycles. The third kappa shape index (κ3) is 3.21. The zero-order valence-electron chi connectivity index (χ0n) is 9.37. The molecular formula is C12H13BrClNO2. The van der Waals surface area contributed by atoms with E-state index in [0.717, 1.165) is 22.9 Å². The maximum absolute atomic E-state index is 11.8. The molecule has 0 amide bonds. The number of carbonyl (C=O) groups is 1. The molecule has 1 aliphatic rings. The van der Waals surface area contributed by atoms with Crippen LogP contribution in [0, 0.1) is 0 Å². The number of hydrogen-bond donors (Lipinski definition) is 1. The summed E-state index contributed by atoms with van der Waals surface area (Å²) in [5, 5.41) is 3.91. The minimum atomic E-state index is -0.431. The van der Waals surface area contributed by atoms with Crippen LogP contribution in [0.15, 0.2) is 22.7 Å². The normalized spacial score (nSPS) is 16.6. The summed E-state index contributed by atoms with van der Waals surface area (Å²) < 4.78 is 5.64. The molecule has 1 fully saturated rings. The molecule has 1 aromatic rings.